The Morgan fingerprint density at radius 2 is 1.95 bits per heavy atom. The zero-order valence-electron chi connectivity index (χ0n) is 12.5. The molecule has 0 saturated carbocycles. The standard InChI is InChI=1S/C16H25N3/c1-5-17-14(12(3)4)11-16-18-13-9-7-8-10-15(13)19(16)6-2/h7-10,12,14,17H,5-6,11H2,1-4H3. The number of hydrogen-bond donors (Lipinski definition) is 1. The summed E-state index contributed by atoms with van der Waals surface area (Å²) in [4.78, 5) is 4.81. The summed E-state index contributed by atoms with van der Waals surface area (Å²) in [5.74, 6) is 1.81. The monoisotopic (exact) mass is 259 g/mol. The molecule has 1 heterocycles. The molecule has 2 rings (SSSR count). The van der Waals surface area contributed by atoms with E-state index in [-0.39, 0.29) is 0 Å². The van der Waals surface area contributed by atoms with Crippen molar-refractivity contribution in [1.82, 2.24) is 14.9 Å². The molecular weight excluding hydrogens is 234 g/mol. The van der Waals surface area contributed by atoms with Crippen molar-refractivity contribution >= 4 is 11.0 Å². The van der Waals surface area contributed by atoms with Gasteiger partial charge in [0.1, 0.15) is 5.82 Å². The summed E-state index contributed by atoms with van der Waals surface area (Å²) in [6.07, 6.45) is 0.994. The van der Waals surface area contributed by atoms with Crippen molar-refractivity contribution in [2.45, 2.75) is 46.7 Å². The maximum Gasteiger partial charge on any atom is 0.111 e. The number of nitrogens with zero attached hydrogens (tertiary/aromatic N) is 2. The molecule has 1 unspecified atom stereocenters. The second kappa shape index (κ2) is 6.20. The molecule has 3 heteroatoms. The van der Waals surface area contributed by atoms with E-state index in [1.807, 2.05) is 0 Å². The molecule has 0 saturated heterocycles. The third kappa shape index (κ3) is 2.98. The highest BCUT2D eigenvalue weighted by atomic mass is 15.1. The van der Waals surface area contributed by atoms with E-state index in [0.717, 1.165) is 25.0 Å². The van der Waals surface area contributed by atoms with Gasteiger partial charge in [-0.25, -0.2) is 4.98 Å². The van der Waals surface area contributed by atoms with Crippen molar-refractivity contribution in [3.8, 4) is 0 Å². The fraction of sp³-hybridized carbons (Fsp3) is 0.562. The molecule has 1 aromatic heterocycles. The number of aromatic nitrogens is 2. The first-order valence-corrected chi connectivity index (χ1v) is 7.34. The van der Waals surface area contributed by atoms with Crippen molar-refractivity contribution in [1.29, 1.82) is 0 Å². The van der Waals surface area contributed by atoms with Gasteiger partial charge in [0.2, 0.25) is 0 Å². The van der Waals surface area contributed by atoms with Gasteiger partial charge in [0, 0.05) is 19.0 Å². The average Bonchev–Trinajstić information content (AvgIpc) is 2.75. The molecule has 104 valence electrons. The molecule has 3 nitrogen and oxygen atoms in total. The summed E-state index contributed by atoms with van der Waals surface area (Å²) in [5, 5.41) is 3.57. The highest BCUT2D eigenvalue weighted by Gasteiger charge is 2.17. The van der Waals surface area contributed by atoms with E-state index < -0.39 is 0 Å². The molecule has 1 N–H and O–H groups in total. The van der Waals surface area contributed by atoms with Crippen LogP contribution in [0.25, 0.3) is 11.0 Å². The SMILES string of the molecule is CCNC(Cc1nc2ccccc2n1CC)C(C)C. The molecule has 0 aliphatic heterocycles. The Morgan fingerprint density at radius 3 is 2.58 bits per heavy atom. The molecule has 0 fully saturated rings. The first kappa shape index (κ1) is 14.1. The van der Waals surface area contributed by atoms with Crippen molar-refractivity contribution in [3.63, 3.8) is 0 Å². The fourth-order valence-corrected chi connectivity index (χ4v) is 2.64. The summed E-state index contributed by atoms with van der Waals surface area (Å²) in [6, 6.07) is 8.90. The van der Waals surface area contributed by atoms with Crippen LogP contribution in [0.5, 0.6) is 0 Å². The van der Waals surface area contributed by atoms with Gasteiger partial charge in [-0.1, -0.05) is 32.9 Å². The number of benzene rings is 1. The second-order valence-corrected chi connectivity index (χ2v) is 5.37. The van der Waals surface area contributed by atoms with Gasteiger partial charge in [-0.2, -0.15) is 0 Å². The summed E-state index contributed by atoms with van der Waals surface area (Å²) in [6.45, 7) is 10.9. The molecule has 0 aliphatic carbocycles. The van der Waals surface area contributed by atoms with Crippen molar-refractivity contribution in [2.75, 3.05) is 6.54 Å². The quantitative estimate of drug-likeness (QED) is 0.863. The Labute approximate surface area is 116 Å². The normalized spacial score (nSPS) is 13.3. The predicted octanol–water partition coefficient (Wildman–Crippen LogP) is 3.23. The van der Waals surface area contributed by atoms with Crippen molar-refractivity contribution in [3.05, 3.63) is 30.1 Å². The lowest BCUT2D eigenvalue weighted by atomic mass is 10.0. The number of rotatable bonds is 6. The summed E-state index contributed by atoms with van der Waals surface area (Å²) in [7, 11) is 0. The van der Waals surface area contributed by atoms with Crippen LogP contribution in [0.15, 0.2) is 24.3 Å². The Bertz CT molecular complexity index is 528. The molecular formula is C16H25N3. The third-order valence-electron chi connectivity index (χ3n) is 3.72. The molecule has 1 aromatic carbocycles. The Balaban J connectivity index is 2.33. The summed E-state index contributed by atoms with van der Waals surface area (Å²) >= 11 is 0. The molecule has 0 radical (unpaired) electrons. The van der Waals surface area contributed by atoms with Crippen LogP contribution in [0.2, 0.25) is 0 Å². The van der Waals surface area contributed by atoms with E-state index in [0.29, 0.717) is 12.0 Å². The van der Waals surface area contributed by atoms with Crippen molar-refractivity contribution < 1.29 is 0 Å². The van der Waals surface area contributed by atoms with Gasteiger partial charge in [0.15, 0.2) is 0 Å². The van der Waals surface area contributed by atoms with Crippen LogP contribution >= 0.6 is 0 Å². The zero-order chi connectivity index (χ0) is 13.8. The molecule has 0 bridgehead atoms. The summed E-state index contributed by atoms with van der Waals surface area (Å²) < 4.78 is 2.34. The lowest BCUT2D eigenvalue weighted by Crippen LogP contribution is -2.36. The number of nitrogens with one attached hydrogen (secondary N) is 1. The number of imidazole rings is 1. The number of aryl methyl sites for hydroxylation is 1. The van der Waals surface area contributed by atoms with Gasteiger partial charge in [-0.05, 0) is 31.5 Å². The maximum absolute atomic E-state index is 4.81. The lowest BCUT2D eigenvalue weighted by molar-refractivity contribution is 0.395. The minimum absolute atomic E-state index is 0.493. The van der Waals surface area contributed by atoms with E-state index in [4.69, 9.17) is 4.98 Å². The maximum atomic E-state index is 4.81. The third-order valence-corrected chi connectivity index (χ3v) is 3.72. The van der Waals surface area contributed by atoms with Crippen LogP contribution in [0.4, 0.5) is 0 Å². The molecule has 1 atom stereocenters. The number of hydrogen-bond acceptors (Lipinski definition) is 2. The van der Waals surface area contributed by atoms with Gasteiger partial charge >= 0.3 is 0 Å². The van der Waals surface area contributed by atoms with E-state index in [1.54, 1.807) is 0 Å². The van der Waals surface area contributed by atoms with E-state index in [2.05, 4.69) is 61.8 Å². The van der Waals surface area contributed by atoms with Crippen LogP contribution in [0, 0.1) is 5.92 Å². The number of likely N-dealkylation sites (N-methyl/N-ethyl adjacent to an activating group) is 1. The van der Waals surface area contributed by atoms with E-state index in [9.17, 15) is 0 Å². The van der Waals surface area contributed by atoms with Gasteiger partial charge in [-0.15, -0.1) is 0 Å². The fourth-order valence-electron chi connectivity index (χ4n) is 2.64. The molecule has 19 heavy (non-hydrogen) atoms. The first-order chi connectivity index (χ1) is 9.17. The summed E-state index contributed by atoms with van der Waals surface area (Å²) in [5.41, 5.74) is 2.36. The largest absolute Gasteiger partial charge is 0.328 e. The topological polar surface area (TPSA) is 29.9 Å². The van der Waals surface area contributed by atoms with Gasteiger partial charge < -0.3 is 9.88 Å². The van der Waals surface area contributed by atoms with Crippen LogP contribution in [-0.2, 0) is 13.0 Å². The van der Waals surface area contributed by atoms with Crippen molar-refractivity contribution in [2.24, 2.45) is 5.92 Å². The van der Waals surface area contributed by atoms with Gasteiger partial charge in [0.05, 0.1) is 11.0 Å². The minimum Gasteiger partial charge on any atom is -0.328 e. The number of para-hydroxylation sites is 2. The van der Waals surface area contributed by atoms with E-state index in [1.165, 1.54) is 11.3 Å². The molecule has 0 aliphatic rings. The van der Waals surface area contributed by atoms with Gasteiger partial charge in [-0.3, -0.25) is 0 Å². The number of fused-ring (bicyclic) bond motifs is 1. The first-order valence-electron chi connectivity index (χ1n) is 7.34. The smallest absolute Gasteiger partial charge is 0.111 e. The van der Waals surface area contributed by atoms with Gasteiger partial charge in [0.25, 0.3) is 0 Å². The van der Waals surface area contributed by atoms with Crippen LogP contribution in [-0.4, -0.2) is 22.1 Å². The Hall–Kier alpha value is -1.35. The predicted molar refractivity (Wildman–Crippen MR) is 81.4 cm³/mol. The molecule has 2 aromatic rings. The van der Waals surface area contributed by atoms with Crippen LogP contribution in [0.1, 0.15) is 33.5 Å². The highest BCUT2D eigenvalue weighted by Crippen LogP contribution is 2.18. The minimum atomic E-state index is 0.493. The Kier molecular flexibility index (Phi) is 4.59. The van der Waals surface area contributed by atoms with Crippen LogP contribution in [0.3, 0.4) is 0 Å². The zero-order valence-corrected chi connectivity index (χ0v) is 12.5. The Morgan fingerprint density at radius 1 is 1.21 bits per heavy atom. The molecule has 0 amide bonds. The highest BCUT2D eigenvalue weighted by molar-refractivity contribution is 5.75. The van der Waals surface area contributed by atoms with Crippen LogP contribution < -0.4 is 5.32 Å². The second-order valence-electron chi connectivity index (χ2n) is 5.37. The van der Waals surface area contributed by atoms with E-state index >= 15 is 0 Å². The average molecular weight is 259 g/mol. The lowest BCUT2D eigenvalue weighted by Gasteiger charge is -2.21. The molecule has 0 spiro atoms.